The average Bonchev–Trinajstić information content (AvgIpc) is 2.46. The smallest absolute Gasteiger partial charge is 0.221 e. The lowest BCUT2D eigenvalue weighted by atomic mass is 10.3. The molecule has 0 aliphatic rings. The van der Waals surface area contributed by atoms with Gasteiger partial charge in [0.2, 0.25) is 5.91 Å². The Morgan fingerprint density at radius 1 is 0.950 bits per heavy atom. The Hall–Kier alpha value is -2.49. The zero-order chi connectivity index (χ0) is 14.2. The number of anilines is 1. The second-order valence-corrected chi connectivity index (χ2v) is 4.19. The highest BCUT2D eigenvalue weighted by Gasteiger charge is 2.04. The van der Waals surface area contributed by atoms with E-state index in [2.05, 4.69) is 5.32 Å². The van der Waals surface area contributed by atoms with E-state index in [0.29, 0.717) is 24.7 Å². The molecule has 0 fully saturated rings. The van der Waals surface area contributed by atoms with Crippen LogP contribution in [0, 0.1) is 0 Å². The SMILES string of the molecule is CC(=O)Nc1ccccc1OCCOc1ccccc1. The summed E-state index contributed by atoms with van der Waals surface area (Å²) in [6.45, 7) is 2.32. The van der Waals surface area contributed by atoms with Crippen LogP contribution in [0.2, 0.25) is 0 Å². The first-order valence-corrected chi connectivity index (χ1v) is 6.43. The molecule has 0 bridgehead atoms. The van der Waals surface area contributed by atoms with Gasteiger partial charge in [0.05, 0.1) is 5.69 Å². The molecule has 20 heavy (non-hydrogen) atoms. The van der Waals surface area contributed by atoms with Gasteiger partial charge in [-0.3, -0.25) is 4.79 Å². The fourth-order valence-corrected chi connectivity index (χ4v) is 1.71. The molecule has 4 heteroatoms. The molecule has 0 spiro atoms. The van der Waals surface area contributed by atoms with Crippen LogP contribution in [0.5, 0.6) is 11.5 Å². The summed E-state index contributed by atoms with van der Waals surface area (Å²) in [6, 6.07) is 16.9. The molecular weight excluding hydrogens is 254 g/mol. The molecule has 0 heterocycles. The van der Waals surface area contributed by atoms with Crippen molar-refractivity contribution in [1.29, 1.82) is 0 Å². The molecule has 0 saturated carbocycles. The largest absolute Gasteiger partial charge is 0.490 e. The van der Waals surface area contributed by atoms with Gasteiger partial charge < -0.3 is 14.8 Å². The zero-order valence-corrected chi connectivity index (χ0v) is 11.3. The number of carbonyl (C=O) groups is 1. The molecule has 0 atom stereocenters. The maximum Gasteiger partial charge on any atom is 0.221 e. The molecule has 1 amide bonds. The third-order valence-corrected chi connectivity index (χ3v) is 2.55. The number of para-hydroxylation sites is 3. The van der Waals surface area contributed by atoms with Crippen molar-refractivity contribution in [3.8, 4) is 11.5 Å². The monoisotopic (exact) mass is 271 g/mol. The van der Waals surface area contributed by atoms with E-state index in [1.165, 1.54) is 6.92 Å². The number of benzene rings is 2. The molecule has 0 unspecified atom stereocenters. The van der Waals surface area contributed by atoms with Crippen molar-refractivity contribution in [3.05, 3.63) is 54.6 Å². The molecule has 0 aliphatic carbocycles. The molecule has 2 aromatic carbocycles. The number of hydrogen-bond acceptors (Lipinski definition) is 3. The first-order valence-electron chi connectivity index (χ1n) is 6.43. The standard InChI is InChI=1S/C16H17NO3/c1-13(18)17-15-9-5-6-10-16(15)20-12-11-19-14-7-3-2-4-8-14/h2-10H,11-12H2,1H3,(H,17,18). The average molecular weight is 271 g/mol. The maximum absolute atomic E-state index is 11.1. The molecule has 2 rings (SSSR count). The minimum absolute atomic E-state index is 0.124. The number of rotatable bonds is 6. The highest BCUT2D eigenvalue weighted by molar-refractivity contribution is 5.90. The van der Waals surface area contributed by atoms with Crippen LogP contribution in [0.1, 0.15) is 6.92 Å². The van der Waals surface area contributed by atoms with E-state index >= 15 is 0 Å². The van der Waals surface area contributed by atoms with Gasteiger partial charge in [0.1, 0.15) is 24.7 Å². The molecule has 0 aromatic heterocycles. The van der Waals surface area contributed by atoms with Gasteiger partial charge in [0.15, 0.2) is 0 Å². The lowest BCUT2D eigenvalue weighted by Crippen LogP contribution is -2.12. The van der Waals surface area contributed by atoms with Crippen molar-refractivity contribution >= 4 is 11.6 Å². The Morgan fingerprint density at radius 2 is 1.60 bits per heavy atom. The minimum Gasteiger partial charge on any atom is -0.490 e. The number of ether oxygens (including phenoxy) is 2. The third-order valence-electron chi connectivity index (χ3n) is 2.55. The van der Waals surface area contributed by atoms with Gasteiger partial charge in [-0.1, -0.05) is 30.3 Å². The molecule has 0 aliphatic heterocycles. The summed E-state index contributed by atoms with van der Waals surface area (Å²) < 4.78 is 11.2. The summed E-state index contributed by atoms with van der Waals surface area (Å²) in [5, 5.41) is 2.73. The second-order valence-electron chi connectivity index (χ2n) is 4.19. The fourth-order valence-electron chi connectivity index (χ4n) is 1.71. The van der Waals surface area contributed by atoms with Crippen molar-refractivity contribution in [1.82, 2.24) is 0 Å². The Kier molecular flexibility index (Phi) is 5.00. The van der Waals surface area contributed by atoms with Crippen LogP contribution in [-0.2, 0) is 4.79 Å². The number of amides is 1. The van der Waals surface area contributed by atoms with Crippen LogP contribution < -0.4 is 14.8 Å². The molecule has 0 saturated heterocycles. The lowest BCUT2D eigenvalue weighted by molar-refractivity contribution is -0.114. The molecule has 1 N–H and O–H groups in total. The minimum atomic E-state index is -0.124. The Labute approximate surface area is 118 Å². The van der Waals surface area contributed by atoms with E-state index in [0.717, 1.165) is 5.75 Å². The third kappa shape index (κ3) is 4.31. The first kappa shape index (κ1) is 13.9. The summed E-state index contributed by atoms with van der Waals surface area (Å²) in [5.74, 6) is 1.33. The van der Waals surface area contributed by atoms with Gasteiger partial charge in [0.25, 0.3) is 0 Å². The predicted molar refractivity (Wildman–Crippen MR) is 78.2 cm³/mol. The van der Waals surface area contributed by atoms with Crippen LogP contribution in [0.15, 0.2) is 54.6 Å². The fraction of sp³-hybridized carbons (Fsp3) is 0.188. The normalized spacial score (nSPS) is 9.85. The van der Waals surface area contributed by atoms with Gasteiger partial charge in [-0.25, -0.2) is 0 Å². The van der Waals surface area contributed by atoms with Gasteiger partial charge in [-0.15, -0.1) is 0 Å². The Morgan fingerprint density at radius 3 is 2.35 bits per heavy atom. The predicted octanol–water partition coefficient (Wildman–Crippen LogP) is 3.10. The van der Waals surface area contributed by atoms with Gasteiger partial charge >= 0.3 is 0 Å². The molecular formula is C16H17NO3. The van der Waals surface area contributed by atoms with Crippen LogP contribution in [-0.4, -0.2) is 19.1 Å². The molecule has 4 nitrogen and oxygen atoms in total. The summed E-state index contributed by atoms with van der Waals surface area (Å²) in [7, 11) is 0. The first-order chi connectivity index (χ1) is 9.75. The van der Waals surface area contributed by atoms with Crippen LogP contribution >= 0.6 is 0 Å². The van der Waals surface area contributed by atoms with Crippen molar-refractivity contribution in [2.45, 2.75) is 6.92 Å². The van der Waals surface area contributed by atoms with Crippen LogP contribution in [0.25, 0.3) is 0 Å². The molecule has 2 aromatic rings. The highest BCUT2D eigenvalue weighted by atomic mass is 16.5. The van der Waals surface area contributed by atoms with Crippen molar-refractivity contribution in [2.75, 3.05) is 18.5 Å². The van der Waals surface area contributed by atoms with Crippen molar-refractivity contribution < 1.29 is 14.3 Å². The van der Waals surface area contributed by atoms with Gasteiger partial charge in [-0.2, -0.15) is 0 Å². The number of hydrogen-bond donors (Lipinski definition) is 1. The number of nitrogens with one attached hydrogen (secondary N) is 1. The summed E-state index contributed by atoms with van der Waals surface area (Å²) in [4.78, 5) is 11.1. The quantitative estimate of drug-likeness (QED) is 0.821. The van der Waals surface area contributed by atoms with E-state index in [9.17, 15) is 4.79 Å². The Balaban J connectivity index is 1.83. The Bertz CT molecular complexity index is 555. The number of carbonyl (C=O) groups excluding carboxylic acids is 1. The second kappa shape index (κ2) is 7.19. The van der Waals surface area contributed by atoms with E-state index in [-0.39, 0.29) is 5.91 Å². The van der Waals surface area contributed by atoms with Gasteiger partial charge in [-0.05, 0) is 24.3 Å². The summed E-state index contributed by atoms with van der Waals surface area (Å²) >= 11 is 0. The molecule has 0 radical (unpaired) electrons. The van der Waals surface area contributed by atoms with E-state index < -0.39 is 0 Å². The molecule has 104 valence electrons. The van der Waals surface area contributed by atoms with Crippen molar-refractivity contribution in [3.63, 3.8) is 0 Å². The van der Waals surface area contributed by atoms with E-state index in [1.54, 1.807) is 6.07 Å². The maximum atomic E-state index is 11.1. The summed E-state index contributed by atoms with van der Waals surface area (Å²) in [6.07, 6.45) is 0. The lowest BCUT2D eigenvalue weighted by Gasteiger charge is -2.12. The van der Waals surface area contributed by atoms with Gasteiger partial charge in [0, 0.05) is 6.92 Å². The van der Waals surface area contributed by atoms with Crippen LogP contribution in [0.3, 0.4) is 0 Å². The van der Waals surface area contributed by atoms with Crippen molar-refractivity contribution in [2.24, 2.45) is 0 Å². The summed E-state index contributed by atoms with van der Waals surface area (Å²) in [5.41, 5.74) is 0.666. The van der Waals surface area contributed by atoms with E-state index in [1.807, 2.05) is 48.5 Å². The highest BCUT2D eigenvalue weighted by Crippen LogP contribution is 2.23. The van der Waals surface area contributed by atoms with E-state index in [4.69, 9.17) is 9.47 Å². The van der Waals surface area contributed by atoms with Crippen LogP contribution in [0.4, 0.5) is 5.69 Å². The zero-order valence-electron chi connectivity index (χ0n) is 11.3. The topological polar surface area (TPSA) is 47.6 Å².